The molecule has 0 atom stereocenters. The van der Waals surface area contributed by atoms with Gasteiger partial charge in [0.15, 0.2) is 6.61 Å². The van der Waals surface area contributed by atoms with Gasteiger partial charge in [0.25, 0.3) is 11.1 Å². The van der Waals surface area contributed by atoms with E-state index in [4.69, 9.17) is 4.74 Å². The Morgan fingerprint density at radius 1 is 1.33 bits per heavy atom. The monoisotopic (exact) mass is 301 g/mol. The van der Waals surface area contributed by atoms with Crippen LogP contribution in [0.25, 0.3) is 6.08 Å². The molecule has 2 rings (SSSR count). The first-order chi connectivity index (χ1) is 10.0. The van der Waals surface area contributed by atoms with Crippen molar-refractivity contribution in [3.63, 3.8) is 0 Å². The standard InChI is InChI=1S/C15H11NO4S/c1-10(17)20-8-2-3-11-4-6-12(7-5-11)9-13-14(18)16-15(19)21-13/h4-7,9H,8H2,1H3,(H,16,18,19). The van der Waals surface area contributed by atoms with Crippen LogP contribution in [0.15, 0.2) is 29.2 Å². The maximum Gasteiger partial charge on any atom is 0.303 e. The number of thioether (sulfide) groups is 1. The molecule has 1 heterocycles. The molecule has 1 saturated heterocycles. The van der Waals surface area contributed by atoms with Crippen molar-refractivity contribution in [2.24, 2.45) is 0 Å². The molecule has 1 aromatic rings. The molecule has 2 amide bonds. The third kappa shape index (κ3) is 4.51. The summed E-state index contributed by atoms with van der Waals surface area (Å²) in [6.45, 7) is 1.38. The molecule has 5 nitrogen and oxygen atoms in total. The molecule has 0 aliphatic carbocycles. The van der Waals surface area contributed by atoms with Crippen molar-refractivity contribution in [2.45, 2.75) is 6.92 Å². The zero-order valence-electron chi connectivity index (χ0n) is 11.1. The number of hydrogen-bond donors (Lipinski definition) is 1. The van der Waals surface area contributed by atoms with Crippen LogP contribution in [0.4, 0.5) is 4.79 Å². The van der Waals surface area contributed by atoms with Gasteiger partial charge in [0.05, 0.1) is 4.91 Å². The molecular formula is C15H11NO4S. The maximum atomic E-state index is 11.4. The van der Waals surface area contributed by atoms with E-state index in [1.165, 1.54) is 6.92 Å². The van der Waals surface area contributed by atoms with E-state index in [0.717, 1.165) is 22.9 Å². The fourth-order valence-electron chi connectivity index (χ4n) is 1.51. The van der Waals surface area contributed by atoms with Gasteiger partial charge in [-0.3, -0.25) is 19.7 Å². The Kier molecular flexibility index (Phi) is 4.80. The predicted octanol–water partition coefficient (Wildman–Crippen LogP) is 1.93. The van der Waals surface area contributed by atoms with Gasteiger partial charge < -0.3 is 4.74 Å². The van der Waals surface area contributed by atoms with Gasteiger partial charge in [-0.1, -0.05) is 24.0 Å². The highest BCUT2D eigenvalue weighted by atomic mass is 32.2. The Balaban J connectivity index is 2.02. The summed E-state index contributed by atoms with van der Waals surface area (Å²) in [5, 5.41) is 1.83. The fraction of sp³-hybridized carbons (Fsp3) is 0.133. The van der Waals surface area contributed by atoms with E-state index < -0.39 is 0 Å². The van der Waals surface area contributed by atoms with Gasteiger partial charge in [0.1, 0.15) is 0 Å². The Labute approximate surface area is 125 Å². The lowest BCUT2D eigenvalue weighted by Crippen LogP contribution is -2.17. The Hall–Kier alpha value is -2.52. The largest absolute Gasteiger partial charge is 0.453 e. The number of rotatable bonds is 2. The Bertz CT molecular complexity index is 680. The van der Waals surface area contributed by atoms with Gasteiger partial charge >= 0.3 is 5.97 Å². The lowest BCUT2D eigenvalue weighted by Gasteiger charge is -1.96. The Morgan fingerprint density at radius 3 is 2.62 bits per heavy atom. The number of nitrogens with one attached hydrogen (secondary N) is 1. The fourth-order valence-corrected chi connectivity index (χ4v) is 2.19. The summed E-state index contributed by atoms with van der Waals surface area (Å²) in [5.74, 6) is 4.82. The highest BCUT2D eigenvalue weighted by Gasteiger charge is 2.24. The number of carbonyl (C=O) groups is 3. The first-order valence-electron chi connectivity index (χ1n) is 6.02. The molecule has 0 bridgehead atoms. The predicted molar refractivity (Wildman–Crippen MR) is 79.1 cm³/mol. The first kappa shape index (κ1) is 14.9. The molecule has 1 fully saturated rings. The van der Waals surface area contributed by atoms with Gasteiger partial charge in [-0.2, -0.15) is 0 Å². The van der Waals surface area contributed by atoms with E-state index in [0.29, 0.717) is 4.91 Å². The van der Waals surface area contributed by atoms with Crippen molar-refractivity contribution in [3.05, 3.63) is 40.3 Å². The van der Waals surface area contributed by atoms with Gasteiger partial charge in [0, 0.05) is 12.5 Å². The van der Waals surface area contributed by atoms with Crippen LogP contribution in [-0.2, 0) is 14.3 Å². The molecule has 1 aliphatic rings. The maximum absolute atomic E-state index is 11.4. The number of ether oxygens (including phenoxy) is 1. The van der Waals surface area contributed by atoms with Crippen molar-refractivity contribution in [1.82, 2.24) is 5.32 Å². The smallest absolute Gasteiger partial charge is 0.303 e. The molecule has 106 valence electrons. The minimum Gasteiger partial charge on any atom is -0.453 e. The third-order valence-electron chi connectivity index (χ3n) is 2.43. The van der Waals surface area contributed by atoms with E-state index in [9.17, 15) is 14.4 Å². The van der Waals surface area contributed by atoms with Crippen molar-refractivity contribution < 1.29 is 19.1 Å². The average molecular weight is 301 g/mol. The van der Waals surface area contributed by atoms with Crippen LogP contribution < -0.4 is 5.32 Å². The number of carbonyl (C=O) groups excluding carboxylic acids is 3. The summed E-state index contributed by atoms with van der Waals surface area (Å²) in [6.07, 6.45) is 1.64. The molecule has 21 heavy (non-hydrogen) atoms. The van der Waals surface area contributed by atoms with E-state index in [-0.39, 0.29) is 23.7 Å². The molecule has 0 unspecified atom stereocenters. The lowest BCUT2D eigenvalue weighted by atomic mass is 10.1. The van der Waals surface area contributed by atoms with E-state index >= 15 is 0 Å². The second-order valence-corrected chi connectivity index (χ2v) is 5.07. The van der Waals surface area contributed by atoms with Crippen LogP contribution in [0, 0.1) is 11.8 Å². The Morgan fingerprint density at radius 2 is 2.05 bits per heavy atom. The van der Waals surface area contributed by atoms with Crippen molar-refractivity contribution >= 4 is 35.0 Å². The number of benzene rings is 1. The highest BCUT2D eigenvalue weighted by Crippen LogP contribution is 2.25. The number of esters is 1. The summed E-state index contributed by atoms with van der Waals surface area (Å²) < 4.78 is 4.70. The summed E-state index contributed by atoms with van der Waals surface area (Å²) in [6, 6.07) is 7.15. The number of imide groups is 1. The highest BCUT2D eigenvalue weighted by molar-refractivity contribution is 8.18. The van der Waals surface area contributed by atoms with Crippen molar-refractivity contribution in [3.8, 4) is 11.8 Å². The van der Waals surface area contributed by atoms with Crippen molar-refractivity contribution in [2.75, 3.05) is 6.61 Å². The van der Waals surface area contributed by atoms with Crippen LogP contribution in [-0.4, -0.2) is 23.7 Å². The second kappa shape index (κ2) is 6.77. The molecule has 0 spiro atoms. The van der Waals surface area contributed by atoms with Gasteiger partial charge in [0.2, 0.25) is 0 Å². The molecular weight excluding hydrogens is 290 g/mol. The van der Waals surface area contributed by atoms with Crippen molar-refractivity contribution in [1.29, 1.82) is 0 Å². The quantitative estimate of drug-likeness (QED) is 0.513. The molecule has 1 aromatic carbocycles. The van der Waals surface area contributed by atoms with E-state index in [2.05, 4.69) is 17.2 Å². The minimum atomic E-state index is -0.379. The van der Waals surface area contributed by atoms with Crippen LogP contribution in [0.3, 0.4) is 0 Å². The summed E-state index contributed by atoms with van der Waals surface area (Å²) in [7, 11) is 0. The SMILES string of the molecule is CC(=O)OCC#Cc1ccc(C=C2SC(=O)NC2=O)cc1. The number of hydrogen-bond acceptors (Lipinski definition) is 5. The number of amides is 2. The van der Waals surface area contributed by atoms with Gasteiger partial charge in [-0.25, -0.2) is 0 Å². The molecule has 0 aromatic heterocycles. The van der Waals surface area contributed by atoms with Crippen LogP contribution in [0.5, 0.6) is 0 Å². The first-order valence-corrected chi connectivity index (χ1v) is 6.83. The van der Waals surface area contributed by atoms with E-state index in [1.54, 1.807) is 30.3 Å². The topological polar surface area (TPSA) is 72.5 Å². The summed E-state index contributed by atoms with van der Waals surface area (Å²) in [5.41, 5.74) is 1.57. The van der Waals surface area contributed by atoms with Gasteiger partial charge in [-0.05, 0) is 35.5 Å². The average Bonchev–Trinajstić information content (AvgIpc) is 2.74. The molecule has 0 saturated carbocycles. The second-order valence-electron chi connectivity index (χ2n) is 4.06. The summed E-state index contributed by atoms with van der Waals surface area (Å²) >= 11 is 0.877. The molecule has 0 radical (unpaired) electrons. The zero-order valence-corrected chi connectivity index (χ0v) is 12.0. The normalized spacial score (nSPS) is 15.4. The lowest BCUT2D eigenvalue weighted by molar-refractivity contribution is -0.139. The molecule has 1 N–H and O–H groups in total. The van der Waals surface area contributed by atoms with Gasteiger partial charge in [-0.15, -0.1) is 0 Å². The summed E-state index contributed by atoms with van der Waals surface area (Å²) in [4.78, 5) is 33.4. The molecule has 6 heteroatoms. The van der Waals surface area contributed by atoms with E-state index in [1.807, 2.05) is 0 Å². The molecule has 1 aliphatic heterocycles. The van der Waals surface area contributed by atoms with Crippen LogP contribution in [0.2, 0.25) is 0 Å². The van der Waals surface area contributed by atoms with Crippen LogP contribution >= 0.6 is 11.8 Å². The minimum absolute atomic E-state index is 0.0556. The van der Waals surface area contributed by atoms with Crippen LogP contribution in [0.1, 0.15) is 18.1 Å². The zero-order chi connectivity index (χ0) is 15.2. The third-order valence-corrected chi connectivity index (χ3v) is 3.24.